The predicted molar refractivity (Wildman–Crippen MR) is 71.4 cm³/mol. The Morgan fingerprint density at radius 1 is 1.29 bits per heavy atom. The maximum atomic E-state index is 11.2. The van der Waals surface area contributed by atoms with Gasteiger partial charge in [-0.25, -0.2) is 13.1 Å². The third-order valence-electron chi connectivity index (χ3n) is 2.14. The maximum Gasteiger partial charge on any atom is 0.209 e. The van der Waals surface area contributed by atoms with Crippen LogP contribution in [0.5, 0.6) is 0 Å². The Kier molecular flexibility index (Phi) is 4.00. The molecule has 4 N–H and O–H groups in total. The van der Waals surface area contributed by atoms with Crippen LogP contribution >= 0.6 is 0 Å². The Balaban J connectivity index is 2.65. The summed E-state index contributed by atoms with van der Waals surface area (Å²) in [5.74, 6) is 0. The highest BCUT2D eigenvalue weighted by molar-refractivity contribution is 7.88. The first-order valence-corrected chi connectivity index (χ1v) is 7.16. The van der Waals surface area contributed by atoms with Gasteiger partial charge in [-0.1, -0.05) is 12.1 Å². The van der Waals surface area contributed by atoms with Crippen molar-refractivity contribution in [3.05, 3.63) is 24.3 Å². The molecule has 1 rings (SSSR count). The minimum atomic E-state index is -3.22. The van der Waals surface area contributed by atoms with E-state index in [1.165, 1.54) is 0 Å². The summed E-state index contributed by atoms with van der Waals surface area (Å²) in [6, 6.07) is 7.36. The lowest BCUT2D eigenvalue weighted by atomic mass is 10.1. The van der Waals surface area contributed by atoms with Crippen molar-refractivity contribution in [2.75, 3.05) is 23.9 Å². The first kappa shape index (κ1) is 13.8. The van der Waals surface area contributed by atoms with Gasteiger partial charge in [0.15, 0.2) is 0 Å². The van der Waals surface area contributed by atoms with Gasteiger partial charge in [0.05, 0.1) is 17.6 Å². The molecular weight excluding hydrogens is 238 g/mol. The zero-order valence-electron chi connectivity index (χ0n) is 10.3. The van der Waals surface area contributed by atoms with Crippen LogP contribution in [0.15, 0.2) is 24.3 Å². The van der Waals surface area contributed by atoms with Crippen molar-refractivity contribution in [3.8, 4) is 0 Å². The Hall–Kier alpha value is -1.27. The van der Waals surface area contributed by atoms with Crippen LogP contribution in [0, 0.1) is 0 Å². The summed E-state index contributed by atoms with van der Waals surface area (Å²) >= 11 is 0. The SMILES string of the molecule is CC(C)(CNc1ccccc1N)NS(C)(=O)=O. The van der Waals surface area contributed by atoms with E-state index >= 15 is 0 Å². The number of hydrogen-bond donors (Lipinski definition) is 3. The van der Waals surface area contributed by atoms with E-state index in [4.69, 9.17) is 5.73 Å². The van der Waals surface area contributed by atoms with Crippen molar-refractivity contribution in [2.45, 2.75) is 19.4 Å². The fraction of sp³-hybridized carbons (Fsp3) is 0.455. The minimum absolute atomic E-state index is 0.453. The lowest BCUT2D eigenvalue weighted by Crippen LogP contribution is -2.47. The summed E-state index contributed by atoms with van der Waals surface area (Å²) in [5.41, 5.74) is 6.65. The van der Waals surface area contributed by atoms with Crippen molar-refractivity contribution in [1.82, 2.24) is 4.72 Å². The lowest BCUT2D eigenvalue weighted by molar-refractivity contribution is 0.476. The molecule has 0 aromatic heterocycles. The van der Waals surface area contributed by atoms with Gasteiger partial charge in [0.25, 0.3) is 0 Å². The van der Waals surface area contributed by atoms with E-state index in [0.717, 1.165) is 11.9 Å². The van der Waals surface area contributed by atoms with Gasteiger partial charge in [-0.05, 0) is 26.0 Å². The molecule has 1 aromatic carbocycles. The second-order valence-electron chi connectivity index (χ2n) is 4.70. The first-order chi connectivity index (χ1) is 7.70. The molecule has 0 fully saturated rings. The van der Waals surface area contributed by atoms with Gasteiger partial charge in [-0.3, -0.25) is 0 Å². The number of nitrogens with one attached hydrogen (secondary N) is 2. The number of rotatable bonds is 5. The van der Waals surface area contributed by atoms with Crippen LogP contribution in [0.4, 0.5) is 11.4 Å². The smallest absolute Gasteiger partial charge is 0.209 e. The fourth-order valence-corrected chi connectivity index (χ4v) is 2.59. The van der Waals surface area contributed by atoms with Crippen LogP contribution in [0.3, 0.4) is 0 Å². The van der Waals surface area contributed by atoms with E-state index in [1.807, 2.05) is 18.2 Å². The standard InChI is InChI=1S/C11H19N3O2S/c1-11(2,14-17(3,15)16)8-13-10-7-5-4-6-9(10)12/h4-7,13-14H,8,12H2,1-3H3. The highest BCUT2D eigenvalue weighted by Crippen LogP contribution is 2.17. The van der Waals surface area contributed by atoms with Crippen LogP contribution in [-0.2, 0) is 10.0 Å². The van der Waals surface area contributed by atoms with Crippen molar-refractivity contribution in [2.24, 2.45) is 0 Å². The molecule has 0 unspecified atom stereocenters. The van der Waals surface area contributed by atoms with E-state index in [-0.39, 0.29) is 0 Å². The molecule has 0 heterocycles. The topological polar surface area (TPSA) is 84.2 Å². The molecule has 96 valence electrons. The normalized spacial score (nSPS) is 12.4. The lowest BCUT2D eigenvalue weighted by Gasteiger charge is -2.26. The largest absolute Gasteiger partial charge is 0.397 e. The number of nitrogen functional groups attached to an aromatic ring is 1. The Bertz CT molecular complexity index is 483. The molecule has 0 bridgehead atoms. The molecule has 0 atom stereocenters. The maximum absolute atomic E-state index is 11.2. The van der Waals surface area contributed by atoms with Gasteiger partial charge in [0.1, 0.15) is 0 Å². The number of sulfonamides is 1. The molecule has 1 aromatic rings. The molecule has 0 saturated heterocycles. The third kappa shape index (κ3) is 5.06. The summed E-state index contributed by atoms with van der Waals surface area (Å²) < 4.78 is 24.9. The van der Waals surface area contributed by atoms with E-state index in [0.29, 0.717) is 12.2 Å². The highest BCUT2D eigenvalue weighted by atomic mass is 32.2. The van der Waals surface area contributed by atoms with Gasteiger partial charge in [-0.2, -0.15) is 0 Å². The number of benzene rings is 1. The van der Waals surface area contributed by atoms with E-state index < -0.39 is 15.6 Å². The van der Waals surface area contributed by atoms with E-state index in [1.54, 1.807) is 19.9 Å². The monoisotopic (exact) mass is 257 g/mol. The van der Waals surface area contributed by atoms with Gasteiger partial charge >= 0.3 is 0 Å². The molecule has 0 amide bonds. The highest BCUT2D eigenvalue weighted by Gasteiger charge is 2.21. The van der Waals surface area contributed by atoms with Crippen molar-refractivity contribution >= 4 is 21.4 Å². The molecule has 0 spiro atoms. The second kappa shape index (κ2) is 4.93. The summed E-state index contributed by atoms with van der Waals surface area (Å²) in [4.78, 5) is 0. The fourth-order valence-electron chi connectivity index (χ4n) is 1.51. The van der Waals surface area contributed by atoms with Crippen molar-refractivity contribution in [1.29, 1.82) is 0 Å². The Labute approximate surface area is 102 Å². The minimum Gasteiger partial charge on any atom is -0.397 e. The van der Waals surface area contributed by atoms with Gasteiger partial charge in [0.2, 0.25) is 10.0 Å². The van der Waals surface area contributed by atoms with Crippen LogP contribution in [0.2, 0.25) is 0 Å². The van der Waals surface area contributed by atoms with E-state index in [9.17, 15) is 8.42 Å². The third-order valence-corrected chi connectivity index (χ3v) is 3.07. The van der Waals surface area contributed by atoms with Gasteiger partial charge in [0, 0.05) is 12.1 Å². The average Bonchev–Trinajstić information content (AvgIpc) is 2.13. The summed E-state index contributed by atoms with van der Waals surface area (Å²) in [7, 11) is -3.22. The molecule has 5 nitrogen and oxygen atoms in total. The van der Waals surface area contributed by atoms with E-state index in [2.05, 4.69) is 10.0 Å². The molecule has 6 heteroatoms. The number of anilines is 2. The Morgan fingerprint density at radius 2 is 1.88 bits per heavy atom. The van der Waals surface area contributed by atoms with Crippen molar-refractivity contribution < 1.29 is 8.42 Å². The number of nitrogens with two attached hydrogens (primary N) is 1. The number of hydrogen-bond acceptors (Lipinski definition) is 4. The molecule has 0 aliphatic rings. The Morgan fingerprint density at radius 3 is 2.41 bits per heavy atom. The van der Waals surface area contributed by atoms with Gasteiger partial charge in [-0.15, -0.1) is 0 Å². The van der Waals surface area contributed by atoms with Crippen LogP contribution in [0.25, 0.3) is 0 Å². The second-order valence-corrected chi connectivity index (χ2v) is 6.45. The summed E-state index contributed by atoms with van der Waals surface area (Å²) in [6.45, 7) is 4.06. The van der Waals surface area contributed by atoms with Crippen LogP contribution in [0.1, 0.15) is 13.8 Å². The summed E-state index contributed by atoms with van der Waals surface area (Å²) in [5, 5.41) is 3.12. The summed E-state index contributed by atoms with van der Waals surface area (Å²) in [6.07, 6.45) is 1.14. The molecule has 0 aliphatic carbocycles. The zero-order chi connectivity index (χ0) is 13.1. The predicted octanol–water partition coefficient (Wildman–Crippen LogP) is 1.01. The average molecular weight is 257 g/mol. The van der Waals surface area contributed by atoms with Crippen LogP contribution < -0.4 is 15.8 Å². The van der Waals surface area contributed by atoms with Gasteiger partial charge < -0.3 is 11.1 Å². The quantitative estimate of drug-likeness (QED) is 0.687. The molecule has 0 aliphatic heterocycles. The molecule has 17 heavy (non-hydrogen) atoms. The van der Waals surface area contributed by atoms with Crippen LogP contribution in [-0.4, -0.2) is 26.8 Å². The molecular formula is C11H19N3O2S. The van der Waals surface area contributed by atoms with Crippen molar-refractivity contribution in [3.63, 3.8) is 0 Å². The zero-order valence-corrected chi connectivity index (χ0v) is 11.1. The molecule has 0 saturated carbocycles. The number of para-hydroxylation sites is 2. The molecule has 0 radical (unpaired) electrons. The first-order valence-electron chi connectivity index (χ1n) is 5.27.